The van der Waals surface area contributed by atoms with Gasteiger partial charge in [0.15, 0.2) is 0 Å². The number of benzene rings is 1. The average molecular weight is 344 g/mol. The van der Waals surface area contributed by atoms with E-state index in [1.54, 1.807) is 0 Å². The van der Waals surface area contributed by atoms with Gasteiger partial charge in [-0.25, -0.2) is 0 Å². The van der Waals surface area contributed by atoms with Crippen LogP contribution in [0.25, 0.3) is 23.0 Å². The minimum absolute atomic E-state index is 0.0353. The molecule has 0 radical (unpaired) electrons. The highest BCUT2D eigenvalue weighted by atomic mass is 16.1. The van der Waals surface area contributed by atoms with E-state index in [9.17, 15) is 4.79 Å². The highest BCUT2D eigenvalue weighted by molar-refractivity contribution is 5.91. The molecule has 26 heavy (non-hydrogen) atoms. The van der Waals surface area contributed by atoms with E-state index in [2.05, 4.69) is 52.0 Å². The molecule has 5 nitrogen and oxygen atoms in total. The predicted molar refractivity (Wildman–Crippen MR) is 102 cm³/mol. The summed E-state index contributed by atoms with van der Waals surface area (Å²) in [4.78, 5) is 19.0. The van der Waals surface area contributed by atoms with Crippen LogP contribution in [0.2, 0.25) is 0 Å². The molecule has 3 aliphatic heterocycles. The van der Waals surface area contributed by atoms with Crippen molar-refractivity contribution in [3.8, 4) is 11.3 Å². The normalized spacial score (nSPS) is 18.2. The van der Waals surface area contributed by atoms with Gasteiger partial charge >= 0.3 is 0 Å². The number of nitrogens with one attached hydrogen (secondary N) is 2. The molecule has 0 aliphatic carbocycles. The van der Waals surface area contributed by atoms with Crippen molar-refractivity contribution in [1.82, 2.24) is 15.2 Å². The molecular formula is C21H20N4O. The molecule has 0 saturated carbocycles. The first-order valence-corrected chi connectivity index (χ1v) is 9.01. The van der Waals surface area contributed by atoms with Crippen LogP contribution in [0, 0.1) is 0 Å². The molecule has 0 atom stereocenters. The van der Waals surface area contributed by atoms with Crippen molar-refractivity contribution in [1.29, 1.82) is 0 Å². The summed E-state index contributed by atoms with van der Waals surface area (Å²) in [5.74, 6) is 0.0353. The highest BCUT2D eigenvalue weighted by Crippen LogP contribution is 2.25. The molecule has 0 saturated heterocycles. The van der Waals surface area contributed by atoms with Gasteiger partial charge in [0.1, 0.15) is 0 Å². The van der Waals surface area contributed by atoms with E-state index in [4.69, 9.17) is 4.98 Å². The Hall–Kier alpha value is -2.92. The van der Waals surface area contributed by atoms with Crippen molar-refractivity contribution in [2.75, 3.05) is 25.0 Å². The molecule has 3 aliphatic rings. The molecule has 1 amide bonds. The Morgan fingerprint density at radius 2 is 1.92 bits per heavy atom. The smallest absolute Gasteiger partial charge is 0.228 e. The number of rotatable bonds is 3. The SMILES string of the molecule is O=C1CC=c2cnc(-c3ccc(CN4CC=CC4)cc3)c3c2=C(CN3)N1. The molecular weight excluding hydrogens is 324 g/mol. The molecule has 0 unspecified atom stereocenters. The second-order valence-electron chi connectivity index (χ2n) is 6.96. The van der Waals surface area contributed by atoms with Crippen LogP contribution in [-0.2, 0) is 11.3 Å². The van der Waals surface area contributed by atoms with Crippen LogP contribution in [0.5, 0.6) is 0 Å². The number of hydrogen-bond donors (Lipinski definition) is 2. The number of aromatic nitrogens is 1. The third-order valence-corrected chi connectivity index (χ3v) is 5.18. The number of hydrogen-bond acceptors (Lipinski definition) is 4. The molecule has 1 aromatic heterocycles. The maximum atomic E-state index is 11.9. The van der Waals surface area contributed by atoms with Crippen LogP contribution in [0.3, 0.4) is 0 Å². The molecule has 130 valence electrons. The third kappa shape index (κ3) is 2.61. The van der Waals surface area contributed by atoms with Crippen LogP contribution < -0.4 is 21.1 Å². The molecule has 0 spiro atoms. The Morgan fingerprint density at radius 1 is 1.12 bits per heavy atom. The zero-order chi connectivity index (χ0) is 17.5. The minimum Gasteiger partial charge on any atom is -0.377 e. The zero-order valence-corrected chi connectivity index (χ0v) is 14.5. The maximum Gasteiger partial charge on any atom is 0.228 e. The van der Waals surface area contributed by atoms with Gasteiger partial charge in [-0.3, -0.25) is 14.7 Å². The first-order valence-electron chi connectivity index (χ1n) is 9.01. The van der Waals surface area contributed by atoms with Crippen LogP contribution in [0.15, 0.2) is 42.6 Å². The lowest BCUT2D eigenvalue weighted by atomic mass is 10.1. The molecule has 0 fully saturated rings. The molecule has 0 bridgehead atoms. The monoisotopic (exact) mass is 344 g/mol. The van der Waals surface area contributed by atoms with E-state index in [1.807, 2.05) is 12.3 Å². The first-order chi connectivity index (χ1) is 12.8. The fourth-order valence-electron chi connectivity index (χ4n) is 3.87. The van der Waals surface area contributed by atoms with Gasteiger partial charge in [0.2, 0.25) is 5.91 Å². The predicted octanol–water partition coefficient (Wildman–Crippen LogP) is 0.954. The molecule has 1 aromatic carbocycles. The van der Waals surface area contributed by atoms with E-state index in [0.29, 0.717) is 13.0 Å². The molecule has 5 heteroatoms. The van der Waals surface area contributed by atoms with Gasteiger partial charge in [-0.2, -0.15) is 0 Å². The van der Waals surface area contributed by atoms with E-state index in [-0.39, 0.29) is 5.91 Å². The number of pyridine rings is 1. The number of anilines is 1. The fraction of sp³-hybridized carbons (Fsp3) is 0.238. The Bertz CT molecular complexity index is 1030. The summed E-state index contributed by atoms with van der Waals surface area (Å²) < 4.78 is 0. The van der Waals surface area contributed by atoms with Crippen molar-refractivity contribution in [2.24, 2.45) is 0 Å². The Morgan fingerprint density at radius 3 is 2.73 bits per heavy atom. The van der Waals surface area contributed by atoms with Crippen molar-refractivity contribution >= 4 is 23.4 Å². The topological polar surface area (TPSA) is 57.3 Å². The summed E-state index contributed by atoms with van der Waals surface area (Å²) in [7, 11) is 0. The lowest BCUT2D eigenvalue weighted by Crippen LogP contribution is -2.30. The lowest BCUT2D eigenvalue weighted by Gasteiger charge is -2.15. The Labute approximate surface area is 151 Å². The fourth-order valence-corrected chi connectivity index (χ4v) is 3.87. The van der Waals surface area contributed by atoms with Crippen LogP contribution >= 0.6 is 0 Å². The number of carbonyl (C=O) groups excluding carboxylic acids is 1. The first kappa shape index (κ1) is 15.3. The quantitative estimate of drug-likeness (QED) is 0.814. The van der Waals surface area contributed by atoms with E-state index >= 15 is 0 Å². The summed E-state index contributed by atoms with van der Waals surface area (Å²) in [5, 5.41) is 8.55. The highest BCUT2D eigenvalue weighted by Gasteiger charge is 2.21. The summed E-state index contributed by atoms with van der Waals surface area (Å²) in [6.45, 7) is 3.67. The second-order valence-corrected chi connectivity index (χ2v) is 6.96. The van der Waals surface area contributed by atoms with E-state index in [1.165, 1.54) is 5.56 Å². The van der Waals surface area contributed by atoms with Crippen molar-refractivity contribution in [2.45, 2.75) is 13.0 Å². The van der Waals surface area contributed by atoms with Gasteiger partial charge in [0.05, 0.1) is 17.9 Å². The van der Waals surface area contributed by atoms with E-state index in [0.717, 1.165) is 52.7 Å². The second kappa shape index (κ2) is 6.11. The molecule has 4 heterocycles. The van der Waals surface area contributed by atoms with Gasteiger partial charge in [0, 0.05) is 53.9 Å². The van der Waals surface area contributed by atoms with Crippen molar-refractivity contribution in [3.63, 3.8) is 0 Å². The molecule has 2 N–H and O–H groups in total. The Kier molecular flexibility index (Phi) is 3.60. The Balaban J connectivity index is 1.51. The molecule has 2 aromatic rings. The van der Waals surface area contributed by atoms with Gasteiger partial charge in [-0.15, -0.1) is 0 Å². The number of amides is 1. The van der Waals surface area contributed by atoms with Gasteiger partial charge in [0.25, 0.3) is 0 Å². The summed E-state index contributed by atoms with van der Waals surface area (Å²) >= 11 is 0. The van der Waals surface area contributed by atoms with Crippen LogP contribution in [0.1, 0.15) is 12.0 Å². The van der Waals surface area contributed by atoms with Crippen molar-refractivity contribution in [3.05, 3.63) is 58.6 Å². The minimum atomic E-state index is 0.0353. The number of carbonyl (C=O) groups is 1. The van der Waals surface area contributed by atoms with E-state index < -0.39 is 0 Å². The van der Waals surface area contributed by atoms with Gasteiger partial charge in [-0.05, 0) is 5.56 Å². The molecule has 5 rings (SSSR count). The number of nitrogens with zero attached hydrogens (tertiary/aromatic N) is 2. The lowest BCUT2D eigenvalue weighted by molar-refractivity contribution is -0.118. The van der Waals surface area contributed by atoms with Crippen LogP contribution in [0.4, 0.5) is 5.69 Å². The third-order valence-electron chi connectivity index (χ3n) is 5.18. The van der Waals surface area contributed by atoms with Gasteiger partial charge in [-0.1, -0.05) is 42.5 Å². The maximum absolute atomic E-state index is 11.9. The standard InChI is InChI=1S/C21H20N4O/c26-18-8-7-16-11-22-20(21-19(16)17(24-18)12-23-21)15-5-3-14(4-6-15)13-25-9-1-2-10-25/h1-7,11,23H,8-10,12-13H2,(H,24,26). The average Bonchev–Trinajstić information content (AvgIpc) is 3.28. The summed E-state index contributed by atoms with van der Waals surface area (Å²) in [6.07, 6.45) is 8.66. The van der Waals surface area contributed by atoms with Gasteiger partial charge < -0.3 is 10.6 Å². The summed E-state index contributed by atoms with van der Waals surface area (Å²) in [5.41, 5.74) is 5.32. The largest absolute Gasteiger partial charge is 0.377 e. The summed E-state index contributed by atoms with van der Waals surface area (Å²) in [6, 6.07) is 8.65. The van der Waals surface area contributed by atoms with Crippen molar-refractivity contribution < 1.29 is 4.79 Å². The zero-order valence-electron chi connectivity index (χ0n) is 14.5. The van der Waals surface area contributed by atoms with Crippen LogP contribution in [-0.4, -0.2) is 35.4 Å².